The van der Waals surface area contributed by atoms with Gasteiger partial charge in [0.1, 0.15) is 0 Å². The number of rotatable bonds is 3. The third-order valence-corrected chi connectivity index (χ3v) is 3.93. The number of carbonyl (C=O) groups is 2. The minimum atomic E-state index is -1.79. The number of aliphatic hydroxyl groups is 1. The topological polar surface area (TPSA) is 121 Å². The van der Waals surface area contributed by atoms with Crippen LogP contribution >= 0.6 is 0 Å². The summed E-state index contributed by atoms with van der Waals surface area (Å²) in [6.45, 7) is 1.86. The Morgan fingerprint density at radius 3 is 2.36 bits per heavy atom. The number of benzene rings is 1. The van der Waals surface area contributed by atoms with Gasteiger partial charge in [0.05, 0.1) is 4.92 Å². The molecular formula is C14H16N2O6. The summed E-state index contributed by atoms with van der Waals surface area (Å²) >= 11 is 0. The molecule has 1 heterocycles. The lowest BCUT2D eigenvalue weighted by molar-refractivity contribution is -0.384. The van der Waals surface area contributed by atoms with Gasteiger partial charge >= 0.3 is 5.97 Å². The molecule has 1 aliphatic heterocycles. The van der Waals surface area contributed by atoms with Gasteiger partial charge < -0.3 is 15.1 Å². The maximum atomic E-state index is 12.4. The van der Waals surface area contributed by atoms with Crippen molar-refractivity contribution >= 4 is 17.6 Å². The zero-order valence-electron chi connectivity index (χ0n) is 12.0. The van der Waals surface area contributed by atoms with Crippen LogP contribution < -0.4 is 0 Å². The Morgan fingerprint density at radius 1 is 1.32 bits per heavy atom. The van der Waals surface area contributed by atoms with Crippen LogP contribution in [0.5, 0.6) is 0 Å². The molecule has 1 aromatic rings. The Kier molecular flexibility index (Phi) is 4.14. The molecule has 2 N–H and O–H groups in total. The van der Waals surface area contributed by atoms with Gasteiger partial charge in [0.2, 0.25) is 0 Å². The molecule has 0 bridgehead atoms. The van der Waals surface area contributed by atoms with Gasteiger partial charge in [-0.25, -0.2) is 4.79 Å². The number of aryl methyl sites for hydroxylation is 1. The van der Waals surface area contributed by atoms with Gasteiger partial charge in [0, 0.05) is 43.6 Å². The van der Waals surface area contributed by atoms with Crippen LogP contribution in [0.2, 0.25) is 0 Å². The standard InChI is InChI=1S/C14H16N2O6/c1-9-8-10(16(21)22)2-3-11(9)12(17)15-6-4-14(20,5-7-15)13(18)19/h2-3,8,20H,4-7H2,1H3,(H,18,19). The zero-order chi connectivity index (χ0) is 16.5. The second-order valence-corrected chi connectivity index (χ2v) is 5.39. The van der Waals surface area contributed by atoms with Crippen LogP contribution in [0.4, 0.5) is 5.69 Å². The predicted octanol–water partition coefficient (Wildman–Crippen LogP) is 0.955. The second kappa shape index (κ2) is 5.72. The number of hydrogen-bond acceptors (Lipinski definition) is 5. The molecule has 1 fully saturated rings. The summed E-state index contributed by atoms with van der Waals surface area (Å²) in [6.07, 6.45) is -0.0831. The molecule has 1 aliphatic rings. The summed E-state index contributed by atoms with van der Waals surface area (Å²) in [4.78, 5) is 35.0. The first-order valence-corrected chi connectivity index (χ1v) is 6.75. The molecule has 1 amide bonds. The molecule has 0 unspecified atom stereocenters. The summed E-state index contributed by atoms with van der Waals surface area (Å²) in [6, 6.07) is 3.98. The van der Waals surface area contributed by atoms with Gasteiger partial charge in [-0.15, -0.1) is 0 Å². The van der Waals surface area contributed by atoms with Crippen molar-refractivity contribution in [1.29, 1.82) is 0 Å². The maximum Gasteiger partial charge on any atom is 0.335 e. The summed E-state index contributed by atoms with van der Waals surface area (Å²) in [5.74, 6) is -1.61. The number of nitro benzene ring substituents is 1. The van der Waals surface area contributed by atoms with Crippen molar-refractivity contribution in [2.75, 3.05) is 13.1 Å². The van der Waals surface area contributed by atoms with Crippen molar-refractivity contribution in [2.24, 2.45) is 0 Å². The molecular weight excluding hydrogens is 292 g/mol. The van der Waals surface area contributed by atoms with Gasteiger partial charge in [-0.1, -0.05) is 0 Å². The van der Waals surface area contributed by atoms with Crippen molar-refractivity contribution < 1.29 is 24.7 Å². The number of piperidine rings is 1. The lowest BCUT2D eigenvalue weighted by Crippen LogP contribution is -2.50. The summed E-state index contributed by atoms with van der Waals surface area (Å²) < 4.78 is 0. The molecule has 2 rings (SSSR count). The minimum Gasteiger partial charge on any atom is -0.479 e. The van der Waals surface area contributed by atoms with Crippen molar-refractivity contribution in [1.82, 2.24) is 4.90 Å². The number of carboxylic acids is 1. The highest BCUT2D eigenvalue weighted by Crippen LogP contribution is 2.25. The number of non-ortho nitro benzene ring substituents is 1. The molecule has 8 nitrogen and oxygen atoms in total. The Morgan fingerprint density at radius 2 is 1.91 bits per heavy atom. The molecule has 0 radical (unpaired) electrons. The molecule has 22 heavy (non-hydrogen) atoms. The van der Waals surface area contributed by atoms with E-state index in [9.17, 15) is 24.8 Å². The number of nitrogens with zero attached hydrogens (tertiary/aromatic N) is 2. The van der Waals surface area contributed by atoms with Gasteiger partial charge in [0.25, 0.3) is 11.6 Å². The van der Waals surface area contributed by atoms with Gasteiger partial charge in [-0.05, 0) is 18.6 Å². The lowest BCUT2D eigenvalue weighted by atomic mass is 9.91. The minimum absolute atomic E-state index is 0.0416. The van der Waals surface area contributed by atoms with Gasteiger partial charge in [0.15, 0.2) is 5.60 Å². The van der Waals surface area contributed by atoms with E-state index in [0.29, 0.717) is 11.1 Å². The number of likely N-dealkylation sites (tertiary alicyclic amines) is 1. The van der Waals surface area contributed by atoms with E-state index in [4.69, 9.17) is 5.11 Å². The first-order valence-electron chi connectivity index (χ1n) is 6.75. The Balaban J connectivity index is 2.14. The predicted molar refractivity (Wildman–Crippen MR) is 75.6 cm³/mol. The van der Waals surface area contributed by atoms with E-state index < -0.39 is 16.5 Å². The molecule has 118 valence electrons. The number of carbonyl (C=O) groups excluding carboxylic acids is 1. The Labute approximate surface area is 126 Å². The maximum absolute atomic E-state index is 12.4. The molecule has 1 aromatic carbocycles. The van der Waals surface area contributed by atoms with Crippen LogP contribution in [0.1, 0.15) is 28.8 Å². The van der Waals surface area contributed by atoms with Crippen molar-refractivity contribution in [3.8, 4) is 0 Å². The molecule has 0 saturated carbocycles. The van der Waals surface area contributed by atoms with E-state index in [-0.39, 0.29) is 37.5 Å². The van der Waals surface area contributed by atoms with Crippen molar-refractivity contribution in [2.45, 2.75) is 25.4 Å². The van der Waals surface area contributed by atoms with Crippen LogP contribution in [-0.4, -0.2) is 50.6 Å². The number of nitro groups is 1. The lowest BCUT2D eigenvalue weighted by Gasteiger charge is -2.35. The summed E-state index contributed by atoms with van der Waals surface area (Å²) in [5.41, 5.74) is -1.06. The van der Waals surface area contributed by atoms with Gasteiger partial charge in [-0.3, -0.25) is 14.9 Å². The quantitative estimate of drug-likeness (QED) is 0.633. The van der Waals surface area contributed by atoms with Crippen LogP contribution in [0, 0.1) is 17.0 Å². The van der Waals surface area contributed by atoms with Crippen molar-refractivity contribution in [3.63, 3.8) is 0 Å². The fraction of sp³-hybridized carbons (Fsp3) is 0.429. The number of carboxylic acid groups (broad SMARTS) is 1. The van der Waals surface area contributed by atoms with Crippen LogP contribution in [-0.2, 0) is 4.79 Å². The van der Waals surface area contributed by atoms with E-state index in [2.05, 4.69) is 0 Å². The van der Waals surface area contributed by atoms with Gasteiger partial charge in [-0.2, -0.15) is 0 Å². The molecule has 0 aromatic heterocycles. The highest BCUT2D eigenvalue weighted by Gasteiger charge is 2.40. The Hall–Kier alpha value is -2.48. The van der Waals surface area contributed by atoms with Crippen LogP contribution in [0.25, 0.3) is 0 Å². The zero-order valence-corrected chi connectivity index (χ0v) is 12.0. The third-order valence-electron chi connectivity index (χ3n) is 3.93. The summed E-state index contributed by atoms with van der Waals surface area (Å²) in [5, 5.41) is 29.5. The monoisotopic (exact) mass is 308 g/mol. The smallest absolute Gasteiger partial charge is 0.335 e. The highest BCUT2D eigenvalue weighted by molar-refractivity contribution is 5.96. The fourth-order valence-corrected chi connectivity index (χ4v) is 2.47. The SMILES string of the molecule is Cc1cc([N+](=O)[O-])ccc1C(=O)N1CCC(O)(C(=O)O)CC1. The molecule has 0 spiro atoms. The molecule has 0 aliphatic carbocycles. The van der Waals surface area contributed by atoms with E-state index in [0.717, 1.165) is 0 Å². The normalized spacial score (nSPS) is 17.1. The molecule has 8 heteroatoms. The van der Waals surface area contributed by atoms with E-state index in [1.165, 1.54) is 23.1 Å². The Bertz CT molecular complexity index is 634. The largest absolute Gasteiger partial charge is 0.479 e. The molecule has 1 saturated heterocycles. The number of amides is 1. The summed E-state index contributed by atoms with van der Waals surface area (Å²) in [7, 11) is 0. The van der Waals surface area contributed by atoms with E-state index in [1.807, 2.05) is 0 Å². The second-order valence-electron chi connectivity index (χ2n) is 5.39. The first-order chi connectivity index (χ1) is 10.2. The first kappa shape index (κ1) is 15.9. The van der Waals surface area contributed by atoms with Crippen LogP contribution in [0.3, 0.4) is 0 Å². The average Bonchev–Trinajstić information content (AvgIpc) is 2.47. The van der Waals surface area contributed by atoms with E-state index >= 15 is 0 Å². The molecule has 0 atom stereocenters. The third kappa shape index (κ3) is 2.91. The fourth-order valence-electron chi connectivity index (χ4n) is 2.47. The van der Waals surface area contributed by atoms with E-state index in [1.54, 1.807) is 6.92 Å². The number of aliphatic carboxylic acids is 1. The number of hydrogen-bond donors (Lipinski definition) is 2. The average molecular weight is 308 g/mol. The van der Waals surface area contributed by atoms with Crippen LogP contribution in [0.15, 0.2) is 18.2 Å². The van der Waals surface area contributed by atoms with Crippen molar-refractivity contribution in [3.05, 3.63) is 39.4 Å². The highest BCUT2D eigenvalue weighted by atomic mass is 16.6.